The van der Waals surface area contributed by atoms with Crippen molar-refractivity contribution in [1.29, 1.82) is 0 Å². The molecule has 0 saturated carbocycles. The summed E-state index contributed by atoms with van der Waals surface area (Å²) < 4.78 is 5.41. The molecule has 0 bridgehead atoms. The van der Waals surface area contributed by atoms with Crippen molar-refractivity contribution >= 4 is 24.3 Å². The van der Waals surface area contributed by atoms with E-state index in [1.54, 1.807) is 13.3 Å². The molecule has 31 heavy (non-hydrogen) atoms. The third-order valence-corrected chi connectivity index (χ3v) is 5.35. The Kier molecular flexibility index (Phi) is 5.80. The molecular weight excluding hydrogens is 384 g/mol. The largest absolute Gasteiger partial charge is 0.497 e. The number of nitrogens with zero attached hydrogens (tertiary/aromatic N) is 2. The first-order chi connectivity index (χ1) is 15.1. The Labute approximate surface area is 182 Å². The fourth-order valence-electron chi connectivity index (χ4n) is 3.88. The van der Waals surface area contributed by atoms with Gasteiger partial charge in [0.25, 0.3) is 0 Å². The second kappa shape index (κ2) is 8.84. The highest BCUT2D eigenvalue weighted by Crippen LogP contribution is 2.40. The van der Waals surface area contributed by atoms with E-state index >= 15 is 0 Å². The summed E-state index contributed by atoms with van der Waals surface area (Å²) in [7, 11) is 1.64. The predicted octanol–water partition coefficient (Wildman–Crippen LogP) is 5.77. The average molecular weight is 409 g/mol. The van der Waals surface area contributed by atoms with E-state index in [-0.39, 0.29) is 0 Å². The minimum atomic E-state index is -0.517. The number of carbonyl (C=O) groups excluding carboxylic acids is 1. The summed E-state index contributed by atoms with van der Waals surface area (Å²) in [5.74, 6) is 1.44. The first-order valence-electron chi connectivity index (χ1n) is 10.1. The predicted molar refractivity (Wildman–Crippen MR) is 126 cm³/mol. The van der Waals surface area contributed by atoms with Crippen LogP contribution in [-0.2, 0) is 4.79 Å². The molecule has 0 spiro atoms. The highest BCUT2D eigenvalue weighted by Gasteiger charge is 2.31. The number of aromatic nitrogens is 1. The molecule has 1 aliphatic rings. The van der Waals surface area contributed by atoms with E-state index in [1.165, 1.54) is 5.56 Å². The summed E-state index contributed by atoms with van der Waals surface area (Å²) in [6.07, 6.45) is 8.65. The van der Waals surface area contributed by atoms with E-state index in [0.29, 0.717) is 5.82 Å². The Hall–Kier alpha value is -3.92. The Balaban J connectivity index is 1.94. The first-order valence-corrected chi connectivity index (χ1v) is 10.1. The number of hydrogen-bond donors (Lipinski definition) is 0. The van der Waals surface area contributed by atoms with Gasteiger partial charge in [0.2, 0.25) is 0 Å². The van der Waals surface area contributed by atoms with Gasteiger partial charge in [0.15, 0.2) is 0 Å². The second-order valence-electron chi connectivity index (χ2n) is 7.38. The van der Waals surface area contributed by atoms with Crippen LogP contribution in [0, 0.1) is 6.92 Å². The molecule has 0 fully saturated rings. The summed E-state index contributed by atoms with van der Waals surface area (Å²) in [5.41, 5.74) is 5.84. The third kappa shape index (κ3) is 4.05. The Bertz CT molecular complexity index is 1180. The Morgan fingerprint density at radius 2 is 2.00 bits per heavy atom. The van der Waals surface area contributed by atoms with Gasteiger partial charge in [0.05, 0.1) is 12.8 Å². The highest BCUT2D eigenvalue weighted by molar-refractivity contribution is 5.84. The number of aldehydes is 1. The number of pyridine rings is 1. The van der Waals surface area contributed by atoms with E-state index < -0.39 is 6.04 Å². The van der Waals surface area contributed by atoms with Crippen molar-refractivity contribution in [3.8, 4) is 5.75 Å². The highest BCUT2D eigenvalue weighted by atomic mass is 16.5. The van der Waals surface area contributed by atoms with E-state index in [0.717, 1.165) is 40.0 Å². The van der Waals surface area contributed by atoms with Crippen molar-refractivity contribution in [2.24, 2.45) is 0 Å². The molecule has 4 rings (SSSR count). The maximum absolute atomic E-state index is 12.3. The molecule has 0 aliphatic carbocycles. The number of benzene rings is 2. The molecule has 0 N–H and O–H groups in total. The third-order valence-electron chi connectivity index (χ3n) is 5.35. The topological polar surface area (TPSA) is 42.4 Å². The van der Waals surface area contributed by atoms with Crippen LogP contribution < -0.4 is 9.64 Å². The second-order valence-corrected chi connectivity index (χ2v) is 7.38. The zero-order valence-electron chi connectivity index (χ0n) is 17.7. The van der Waals surface area contributed by atoms with Gasteiger partial charge in [0.1, 0.15) is 23.9 Å². The first kappa shape index (κ1) is 20.4. The summed E-state index contributed by atoms with van der Waals surface area (Å²) >= 11 is 0. The molecular formula is C27H24N2O2. The van der Waals surface area contributed by atoms with Crippen LogP contribution in [0.2, 0.25) is 0 Å². The van der Waals surface area contributed by atoms with Gasteiger partial charge in [-0.3, -0.25) is 0 Å². The lowest BCUT2D eigenvalue weighted by atomic mass is 9.91. The molecule has 4 heteroatoms. The zero-order valence-corrected chi connectivity index (χ0v) is 17.7. The molecule has 1 aromatic heterocycles. The number of rotatable bonds is 6. The monoisotopic (exact) mass is 408 g/mol. The summed E-state index contributed by atoms with van der Waals surface area (Å²) in [5, 5.41) is 0. The Morgan fingerprint density at radius 3 is 2.68 bits per heavy atom. The minimum Gasteiger partial charge on any atom is -0.497 e. The van der Waals surface area contributed by atoms with Crippen LogP contribution in [0.5, 0.6) is 5.75 Å². The van der Waals surface area contributed by atoms with Gasteiger partial charge < -0.3 is 14.4 Å². The van der Waals surface area contributed by atoms with Gasteiger partial charge in [-0.2, -0.15) is 0 Å². The number of methoxy groups -OCH3 is 1. The molecule has 3 aromatic rings. The van der Waals surface area contributed by atoms with E-state index in [1.807, 2.05) is 53.4 Å². The molecule has 0 amide bonds. The van der Waals surface area contributed by atoms with Gasteiger partial charge in [0, 0.05) is 6.20 Å². The van der Waals surface area contributed by atoms with Gasteiger partial charge in [-0.05, 0) is 65.6 Å². The van der Waals surface area contributed by atoms with Crippen molar-refractivity contribution in [2.45, 2.75) is 13.0 Å². The molecule has 2 aromatic carbocycles. The quantitative estimate of drug-likeness (QED) is 0.384. The lowest BCUT2D eigenvalue weighted by Crippen LogP contribution is -2.33. The number of ether oxygens (including phenoxy) is 1. The number of allylic oxidation sites excluding steroid dienone is 1. The Morgan fingerprint density at radius 1 is 1.13 bits per heavy atom. The van der Waals surface area contributed by atoms with Crippen molar-refractivity contribution < 1.29 is 9.53 Å². The minimum absolute atomic E-state index is 0.517. The van der Waals surface area contributed by atoms with E-state index in [9.17, 15) is 4.79 Å². The van der Waals surface area contributed by atoms with E-state index in [2.05, 4.69) is 48.8 Å². The normalized spacial score (nSPS) is 15.7. The smallest absolute Gasteiger partial charge is 0.147 e. The summed E-state index contributed by atoms with van der Waals surface area (Å²) in [4.78, 5) is 18.8. The van der Waals surface area contributed by atoms with Gasteiger partial charge in [-0.1, -0.05) is 54.6 Å². The van der Waals surface area contributed by atoms with Crippen LogP contribution in [-0.4, -0.2) is 18.4 Å². The molecule has 1 atom stereocenters. The molecule has 4 nitrogen and oxygen atoms in total. The number of hydrogen-bond acceptors (Lipinski definition) is 4. The van der Waals surface area contributed by atoms with Crippen LogP contribution in [0.3, 0.4) is 0 Å². The number of aryl methyl sites for hydroxylation is 1. The van der Waals surface area contributed by atoms with Crippen LogP contribution in [0.25, 0.3) is 12.2 Å². The van der Waals surface area contributed by atoms with Gasteiger partial charge in [-0.15, -0.1) is 0 Å². The van der Waals surface area contributed by atoms with Crippen molar-refractivity contribution in [3.05, 3.63) is 113 Å². The molecule has 1 unspecified atom stereocenters. The lowest BCUT2D eigenvalue weighted by molar-refractivity contribution is -0.109. The van der Waals surface area contributed by atoms with Crippen molar-refractivity contribution in [2.75, 3.05) is 12.0 Å². The van der Waals surface area contributed by atoms with Crippen molar-refractivity contribution in [1.82, 2.24) is 4.98 Å². The van der Waals surface area contributed by atoms with Crippen molar-refractivity contribution in [3.63, 3.8) is 0 Å². The molecule has 1 aliphatic heterocycles. The number of carbonyl (C=O) groups is 1. The summed E-state index contributed by atoms with van der Waals surface area (Å²) in [6, 6.07) is 19.2. The zero-order chi connectivity index (χ0) is 21.8. The standard InChI is InChI=1S/C27H24N2O2/c1-4-21(15-20-9-7-8-19(2)14-20)25-17-22-16-23(31-3)11-12-24(22)26(18-30)29(25)27-10-5-6-13-28-27/h4-18,26H,1H2,2-3H3. The lowest BCUT2D eigenvalue weighted by Gasteiger charge is -2.36. The van der Waals surface area contributed by atoms with E-state index in [4.69, 9.17) is 4.74 Å². The van der Waals surface area contributed by atoms with Crippen LogP contribution in [0.4, 0.5) is 5.82 Å². The van der Waals surface area contributed by atoms with Gasteiger partial charge in [-0.25, -0.2) is 4.98 Å². The fourth-order valence-corrected chi connectivity index (χ4v) is 3.88. The fraction of sp³-hybridized carbons (Fsp3) is 0.111. The number of anilines is 1. The molecule has 154 valence electrons. The molecule has 2 heterocycles. The summed E-state index contributed by atoms with van der Waals surface area (Å²) in [6.45, 7) is 6.12. The SMILES string of the molecule is C=CC(=Cc1cccc(C)c1)C1=Cc2cc(OC)ccc2C(C=O)N1c1ccccn1. The van der Waals surface area contributed by atoms with Crippen LogP contribution in [0.15, 0.2) is 90.8 Å². The van der Waals surface area contributed by atoms with Gasteiger partial charge >= 0.3 is 0 Å². The van der Waals surface area contributed by atoms with Crippen LogP contribution in [0.1, 0.15) is 28.3 Å². The maximum atomic E-state index is 12.3. The maximum Gasteiger partial charge on any atom is 0.147 e. The molecule has 0 saturated heterocycles. The average Bonchev–Trinajstić information content (AvgIpc) is 2.81. The number of fused-ring (bicyclic) bond motifs is 1. The van der Waals surface area contributed by atoms with Crippen LogP contribution >= 0.6 is 0 Å². The molecule has 0 radical (unpaired) electrons.